The van der Waals surface area contributed by atoms with E-state index in [1.54, 1.807) is 0 Å². The molecule has 2 heteroatoms. The first-order valence-electron chi connectivity index (χ1n) is 4.62. The van der Waals surface area contributed by atoms with Crippen LogP contribution in [0.2, 0.25) is 0 Å². The van der Waals surface area contributed by atoms with Gasteiger partial charge in [0, 0.05) is 6.04 Å². The van der Waals surface area contributed by atoms with E-state index in [0.717, 1.165) is 19.1 Å². The lowest BCUT2D eigenvalue weighted by atomic mass is 9.92. The molecule has 0 spiro atoms. The summed E-state index contributed by atoms with van der Waals surface area (Å²) in [6.07, 6.45) is 6.80. The molecule has 2 nitrogen and oxygen atoms in total. The van der Waals surface area contributed by atoms with E-state index in [2.05, 4.69) is 4.90 Å². The van der Waals surface area contributed by atoms with E-state index in [1.807, 2.05) is 0 Å². The first-order chi connectivity index (χ1) is 5.36. The van der Waals surface area contributed by atoms with Crippen LogP contribution in [0.5, 0.6) is 0 Å². The molecule has 1 aliphatic carbocycles. The largest absolute Gasteiger partial charge is 0.297 e. The van der Waals surface area contributed by atoms with E-state index in [9.17, 15) is 4.79 Å². The van der Waals surface area contributed by atoms with Crippen LogP contribution in [0.25, 0.3) is 0 Å². The molecule has 0 unspecified atom stereocenters. The highest BCUT2D eigenvalue weighted by atomic mass is 16.1. The van der Waals surface area contributed by atoms with Gasteiger partial charge in [0.25, 0.3) is 0 Å². The number of likely N-dealkylation sites (tertiary alicyclic amines) is 1. The number of ketones is 1. The topological polar surface area (TPSA) is 20.3 Å². The Hall–Kier alpha value is -0.370. The molecule has 0 atom stereocenters. The number of carbonyl (C=O) groups is 1. The Balaban J connectivity index is 1.80. The van der Waals surface area contributed by atoms with Crippen molar-refractivity contribution in [3.63, 3.8) is 0 Å². The Morgan fingerprint density at radius 1 is 1.09 bits per heavy atom. The van der Waals surface area contributed by atoms with Crippen molar-refractivity contribution >= 4 is 5.78 Å². The van der Waals surface area contributed by atoms with Gasteiger partial charge in [-0.25, -0.2) is 0 Å². The van der Waals surface area contributed by atoms with Gasteiger partial charge in [-0.2, -0.15) is 0 Å². The molecule has 0 aromatic rings. The fourth-order valence-corrected chi connectivity index (χ4v) is 2.11. The predicted molar refractivity (Wildman–Crippen MR) is 43.5 cm³/mol. The minimum absolute atomic E-state index is 0.426. The normalized spacial score (nSPS) is 28.5. The molecule has 1 saturated heterocycles. The Kier molecular flexibility index (Phi) is 1.95. The van der Waals surface area contributed by atoms with E-state index in [1.165, 1.54) is 32.1 Å². The molecule has 0 aromatic heterocycles. The van der Waals surface area contributed by atoms with E-state index >= 15 is 0 Å². The molecule has 1 heterocycles. The van der Waals surface area contributed by atoms with Gasteiger partial charge in [0.2, 0.25) is 0 Å². The number of carbonyl (C=O) groups excluding carboxylic acids is 1. The summed E-state index contributed by atoms with van der Waals surface area (Å²) in [6, 6.07) is 0.751. The molecule has 2 aliphatic rings. The van der Waals surface area contributed by atoms with Gasteiger partial charge in [0.05, 0.1) is 13.1 Å². The van der Waals surface area contributed by atoms with Crippen LogP contribution >= 0.6 is 0 Å². The zero-order valence-electron chi connectivity index (χ0n) is 6.88. The van der Waals surface area contributed by atoms with Gasteiger partial charge < -0.3 is 0 Å². The summed E-state index contributed by atoms with van der Waals surface area (Å²) in [5.74, 6) is 0.426. The van der Waals surface area contributed by atoms with Crippen molar-refractivity contribution in [3.05, 3.63) is 0 Å². The Bertz CT molecular complexity index is 153. The van der Waals surface area contributed by atoms with Gasteiger partial charge >= 0.3 is 0 Å². The number of Topliss-reactive ketones (excluding diaryl/α,β-unsaturated/α-hetero) is 1. The highest BCUT2D eigenvalue weighted by molar-refractivity contribution is 5.87. The number of hydrogen-bond donors (Lipinski definition) is 0. The third-order valence-electron chi connectivity index (χ3n) is 2.85. The lowest BCUT2D eigenvalue weighted by Crippen LogP contribution is -2.53. The van der Waals surface area contributed by atoms with E-state index in [4.69, 9.17) is 0 Å². The highest BCUT2D eigenvalue weighted by Crippen LogP contribution is 2.24. The molecule has 0 aromatic carbocycles. The summed E-state index contributed by atoms with van der Waals surface area (Å²) in [7, 11) is 0. The van der Waals surface area contributed by atoms with Crippen LogP contribution in [0.4, 0.5) is 0 Å². The zero-order valence-corrected chi connectivity index (χ0v) is 6.88. The zero-order chi connectivity index (χ0) is 7.68. The lowest BCUT2D eigenvalue weighted by Gasteiger charge is -2.38. The van der Waals surface area contributed by atoms with Crippen molar-refractivity contribution in [2.24, 2.45) is 0 Å². The van der Waals surface area contributed by atoms with E-state index in [0.29, 0.717) is 5.78 Å². The number of rotatable bonds is 1. The molecule has 0 radical (unpaired) electrons. The molecule has 1 aliphatic heterocycles. The summed E-state index contributed by atoms with van der Waals surface area (Å²) >= 11 is 0. The van der Waals surface area contributed by atoms with Crippen LogP contribution in [0, 0.1) is 0 Å². The van der Waals surface area contributed by atoms with Crippen LogP contribution in [0.15, 0.2) is 0 Å². The van der Waals surface area contributed by atoms with Gasteiger partial charge in [0.15, 0.2) is 5.78 Å². The van der Waals surface area contributed by atoms with Crippen molar-refractivity contribution in [2.75, 3.05) is 13.1 Å². The summed E-state index contributed by atoms with van der Waals surface area (Å²) in [4.78, 5) is 13.0. The summed E-state index contributed by atoms with van der Waals surface area (Å²) in [6.45, 7) is 1.48. The van der Waals surface area contributed by atoms with Crippen molar-refractivity contribution in [2.45, 2.75) is 38.1 Å². The van der Waals surface area contributed by atoms with Crippen LogP contribution < -0.4 is 0 Å². The maximum absolute atomic E-state index is 10.7. The van der Waals surface area contributed by atoms with E-state index < -0.39 is 0 Å². The minimum atomic E-state index is 0.426. The average molecular weight is 153 g/mol. The van der Waals surface area contributed by atoms with Crippen molar-refractivity contribution in [1.29, 1.82) is 0 Å². The second-order valence-corrected chi connectivity index (χ2v) is 3.74. The standard InChI is InChI=1S/C9H15NO/c11-9-6-10(7-9)8-4-2-1-3-5-8/h8H,1-7H2. The third-order valence-corrected chi connectivity index (χ3v) is 2.85. The molecule has 0 bridgehead atoms. The molecule has 2 fully saturated rings. The molecular weight excluding hydrogens is 138 g/mol. The second-order valence-electron chi connectivity index (χ2n) is 3.74. The molecule has 62 valence electrons. The number of hydrogen-bond acceptors (Lipinski definition) is 2. The van der Waals surface area contributed by atoms with Gasteiger partial charge in [0.1, 0.15) is 0 Å². The van der Waals surface area contributed by atoms with Crippen molar-refractivity contribution in [3.8, 4) is 0 Å². The summed E-state index contributed by atoms with van der Waals surface area (Å²) in [5.41, 5.74) is 0. The average Bonchev–Trinajstić information content (AvgIpc) is 2.01. The van der Waals surface area contributed by atoms with Crippen molar-refractivity contribution < 1.29 is 4.79 Å². The minimum Gasteiger partial charge on any atom is -0.297 e. The smallest absolute Gasteiger partial charge is 0.160 e. The van der Waals surface area contributed by atoms with Gasteiger partial charge in [-0.05, 0) is 12.8 Å². The van der Waals surface area contributed by atoms with Gasteiger partial charge in [-0.1, -0.05) is 19.3 Å². The fraction of sp³-hybridized carbons (Fsp3) is 0.889. The first-order valence-corrected chi connectivity index (χ1v) is 4.62. The quantitative estimate of drug-likeness (QED) is 0.564. The van der Waals surface area contributed by atoms with Crippen LogP contribution in [-0.2, 0) is 4.79 Å². The van der Waals surface area contributed by atoms with E-state index in [-0.39, 0.29) is 0 Å². The SMILES string of the molecule is O=C1CN(C2CCCCC2)C1. The fourth-order valence-electron chi connectivity index (χ4n) is 2.11. The first kappa shape index (κ1) is 7.29. The van der Waals surface area contributed by atoms with Crippen LogP contribution in [-0.4, -0.2) is 29.8 Å². The number of nitrogens with zero attached hydrogens (tertiary/aromatic N) is 1. The predicted octanol–water partition coefficient (Wildman–Crippen LogP) is 1.20. The van der Waals surface area contributed by atoms with Gasteiger partial charge in [-0.3, -0.25) is 9.69 Å². The summed E-state index contributed by atoms with van der Waals surface area (Å²) < 4.78 is 0. The molecule has 0 amide bonds. The van der Waals surface area contributed by atoms with Crippen molar-refractivity contribution in [1.82, 2.24) is 4.90 Å². The van der Waals surface area contributed by atoms with Crippen LogP contribution in [0.3, 0.4) is 0 Å². The molecular formula is C9H15NO. The van der Waals surface area contributed by atoms with Crippen LogP contribution in [0.1, 0.15) is 32.1 Å². The summed E-state index contributed by atoms with van der Waals surface area (Å²) in [5, 5.41) is 0. The Labute approximate surface area is 67.6 Å². The Morgan fingerprint density at radius 2 is 1.73 bits per heavy atom. The monoisotopic (exact) mass is 153 g/mol. The maximum Gasteiger partial charge on any atom is 0.160 e. The molecule has 1 saturated carbocycles. The molecule has 0 N–H and O–H groups in total. The maximum atomic E-state index is 10.7. The Morgan fingerprint density at radius 3 is 2.27 bits per heavy atom. The molecule has 11 heavy (non-hydrogen) atoms. The highest BCUT2D eigenvalue weighted by Gasteiger charge is 2.30. The molecule has 2 rings (SSSR count). The van der Waals surface area contributed by atoms with Gasteiger partial charge in [-0.15, -0.1) is 0 Å². The second kappa shape index (κ2) is 2.94. The third kappa shape index (κ3) is 1.45. The lowest BCUT2D eigenvalue weighted by molar-refractivity contribution is -0.131.